The minimum absolute atomic E-state index is 0.149. The minimum Gasteiger partial charge on any atom is -0.457 e. The summed E-state index contributed by atoms with van der Waals surface area (Å²) < 4.78 is 7.73. The average Bonchev–Trinajstić information content (AvgIpc) is 3.35. The SMILES string of the molecule is Cc1c(Cl)cccc1-n1c(SCC(=O)Nc2ccc(Oc3ccccc3)cc2)nnc1-c1ccncc1. The summed E-state index contributed by atoms with van der Waals surface area (Å²) in [5.41, 5.74) is 3.27. The zero-order valence-corrected chi connectivity index (χ0v) is 21.4. The van der Waals surface area contributed by atoms with Gasteiger partial charge in [0.1, 0.15) is 11.5 Å². The first-order valence-electron chi connectivity index (χ1n) is 11.5. The number of rotatable bonds is 8. The van der Waals surface area contributed by atoms with E-state index in [4.69, 9.17) is 16.3 Å². The van der Waals surface area contributed by atoms with Gasteiger partial charge in [-0.1, -0.05) is 47.6 Å². The molecule has 7 nitrogen and oxygen atoms in total. The van der Waals surface area contributed by atoms with Crippen molar-refractivity contribution in [1.82, 2.24) is 19.7 Å². The molecule has 37 heavy (non-hydrogen) atoms. The van der Waals surface area contributed by atoms with Crippen LogP contribution in [0, 0.1) is 6.92 Å². The highest BCUT2D eigenvalue weighted by atomic mass is 35.5. The van der Waals surface area contributed by atoms with Crippen LogP contribution in [0.15, 0.2) is 102 Å². The predicted molar refractivity (Wildman–Crippen MR) is 147 cm³/mol. The summed E-state index contributed by atoms with van der Waals surface area (Å²) >= 11 is 7.71. The van der Waals surface area contributed by atoms with Gasteiger partial charge in [-0.2, -0.15) is 0 Å². The summed E-state index contributed by atoms with van der Waals surface area (Å²) in [6.45, 7) is 1.94. The molecule has 5 aromatic rings. The van der Waals surface area contributed by atoms with Crippen LogP contribution in [0.2, 0.25) is 5.02 Å². The number of anilines is 1. The normalized spacial score (nSPS) is 10.8. The van der Waals surface area contributed by atoms with Gasteiger partial charge in [-0.05, 0) is 73.2 Å². The van der Waals surface area contributed by atoms with Crippen LogP contribution in [0.5, 0.6) is 11.5 Å². The van der Waals surface area contributed by atoms with Crippen LogP contribution in [0.3, 0.4) is 0 Å². The van der Waals surface area contributed by atoms with Crippen molar-refractivity contribution >= 4 is 35.0 Å². The van der Waals surface area contributed by atoms with Crippen molar-refractivity contribution in [2.75, 3.05) is 11.1 Å². The summed E-state index contributed by atoms with van der Waals surface area (Å²) in [5.74, 6) is 2.07. The van der Waals surface area contributed by atoms with E-state index in [1.807, 2.05) is 84.3 Å². The first kappa shape index (κ1) is 24.5. The molecule has 0 bridgehead atoms. The lowest BCUT2D eigenvalue weighted by Crippen LogP contribution is -2.14. The van der Waals surface area contributed by atoms with Crippen molar-refractivity contribution in [3.8, 4) is 28.6 Å². The quantitative estimate of drug-likeness (QED) is 0.223. The highest BCUT2D eigenvalue weighted by Crippen LogP contribution is 2.31. The van der Waals surface area contributed by atoms with Crippen molar-refractivity contribution in [3.05, 3.63) is 108 Å². The number of pyridine rings is 1. The van der Waals surface area contributed by atoms with Crippen molar-refractivity contribution in [3.63, 3.8) is 0 Å². The Labute approximate surface area is 223 Å². The molecule has 0 aliphatic carbocycles. The molecule has 0 spiro atoms. The van der Waals surface area contributed by atoms with Crippen molar-refractivity contribution in [1.29, 1.82) is 0 Å². The topological polar surface area (TPSA) is 81.9 Å². The Bertz CT molecular complexity index is 1510. The fourth-order valence-corrected chi connectivity index (χ4v) is 4.58. The molecule has 0 aliphatic heterocycles. The summed E-state index contributed by atoms with van der Waals surface area (Å²) in [4.78, 5) is 16.9. The number of carbonyl (C=O) groups is 1. The second-order valence-corrected chi connectivity index (χ2v) is 9.39. The van der Waals surface area contributed by atoms with Crippen LogP contribution in [0.1, 0.15) is 5.56 Å². The predicted octanol–water partition coefficient (Wildman–Crippen LogP) is 6.81. The maximum atomic E-state index is 12.8. The highest BCUT2D eigenvalue weighted by Gasteiger charge is 2.19. The number of aromatic nitrogens is 4. The Morgan fingerprint density at radius 1 is 0.919 bits per heavy atom. The standard InChI is InChI=1S/C28H22ClN5O2S/c1-19-24(29)8-5-9-25(19)34-27(20-14-16-30-17-15-20)32-33-28(34)37-18-26(35)31-21-10-12-23(13-11-21)36-22-6-3-2-4-7-22/h2-17H,18H2,1H3,(H,31,35). The van der Waals surface area contributed by atoms with Gasteiger partial charge in [0.05, 0.1) is 11.4 Å². The fraction of sp³-hybridized carbons (Fsp3) is 0.0714. The third-order valence-electron chi connectivity index (χ3n) is 5.50. The summed E-state index contributed by atoms with van der Waals surface area (Å²) in [5, 5.41) is 12.9. The molecule has 2 aromatic heterocycles. The molecule has 3 aromatic carbocycles. The van der Waals surface area contributed by atoms with Crippen LogP contribution in [-0.4, -0.2) is 31.4 Å². The van der Waals surface area contributed by atoms with Crippen LogP contribution in [0.4, 0.5) is 5.69 Å². The fourth-order valence-electron chi connectivity index (χ4n) is 3.66. The molecule has 0 saturated carbocycles. The Morgan fingerprint density at radius 3 is 2.41 bits per heavy atom. The van der Waals surface area contributed by atoms with E-state index in [9.17, 15) is 4.79 Å². The lowest BCUT2D eigenvalue weighted by molar-refractivity contribution is -0.113. The van der Waals surface area contributed by atoms with Crippen LogP contribution in [-0.2, 0) is 4.79 Å². The first-order valence-corrected chi connectivity index (χ1v) is 12.8. The molecular weight excluding hydrogens is 506 g/mol. The van der Waals surface area contributed by atoms with E-state index in [-0.39, 0.29) is 11.7 Å². The Hall–Kier alpha value is -4.14. The molecule has 1 N–H and O–H groups in total. The van der Waals surface area contributed by atoms with Gasteiger partial charge in [-0.3, -0.25) is 14.3 Å². The Kier molecular flexibility index (Phi) is 7.49. The second-order valence-electron chi connectivity index (χ2n) is 8.04. The molecule has 0 aliphatic rings. The number of hydrogen-bond acceptors (Lipinski definition) is 6. The molecule has 5 rings (SSSR count). The summed E-state index contributed by atoms with van der Waals surface area (Å²) in [6.07, 6.45) is 3.41. The molecule has 0 radical (unpaired) electrons. The number of nitrogens with zero attached hydrogens (tertiary/aromatic N) is 4. The van der Waals surface area contributed by atoms with E-state index >= 15 is 0 Å². The third-order valence-corrected chi connectivity index (χ3v) is 6.84. The first-order chi connectivity index (χ1) is 18.1. The number of para-hydroxylation sites is 1. The zero-order chi connectivity index (χ0) is 25.6. The summed E-state index contributed by atoms with van der Waals surface area (Å²) in [6, 6.07) is 26.2. The molecule has 2 heterocycles. The van der Waals surface area contributed by atoms with E-state index in [2.05, 4.69) is 20.5 Å². The van der Waals surface area contributed by atoms with Crippen LogP contribution in [0.25, 0.3) is 17.1 Å². The zero-order valence-electron chi connectivity index (χ0n) is 19.8. The number of thioether (sulfide) groups is 1. The van der Waals surface area contributed by atoms with Gasteiger partial charge >= 0.3 is 0 Å². The van der Waals surface area contributed by atoms with Crippen molar-refractivity contribution in [2.24, 2.45) is 0 Å². The molecule has 184 valence electrons. The van der Waals surface area contributed by atoms with Gasteiger partial charge in [0.15, 0.2) is 11.0 Å². The number of halogens is 1. The maximum absolute atomic E-state index is 12.8. The van der Waals surface area contributed by atoms with E-state index in [1.54, 1.807) is 24.5 Å². The molecule has 0 unspecified atom stereocenters. The van der Waals surface area contributed by atoms with Gasteiger partial charge < -0.3 is 10.1 Å². The lowest BCUT2D eigenvalue weighted by Gasteiger charge is -2.14. The number of carbonyl (C=O) groups excluding carboxylic acids is 1. The largest absolute Gasteiger partial charge is 0.457 e. The molecule has 0 atom stereocenters. The van der Waals surface area contributed by atoms with E-state index in [1.165, 1.54) is 11.8 Å². The highest BCUT2D eigenvalue weighted by molar-refractivity contribution is 7.99. The monoisotopic (exact) mass is 527 g/mol. The van der Waals surface area contributed by atoms with E-state index in [0.29, 0.717) is 27.4 Å². The second kappa shape index (κ2) is 11.3. The van der Waals surface area contributed by atoms with Crippen LogP contribution >= 0.6 is 23.4 Å². The number of benzene rings is 3. The smallest absolute Gasteiger partial charge is 0.234 e. The average molecular weight is 528 g/mol. The van der Waals surface area contributed by atoms with Crippen molar-refractivity contribution in [2.45, 2.75) is 12.1 Å². The molecular formula is C28H22ClN5O2S. The van der Waals surface area contributed by atoms with E-state index in [0.717, 1.165) is 22.6 Å². The molecule has 0 fully saturated rings. The lowest BCUT2D eigenvalue weighted by atomic mass is 10.2. The van der Waals surface area contributed by atoms with Gasteiger partial charge in [0.2, 0.25) is 5.91 Å². The van der Waals surface area contributed by atoms with Gasteiger partial charge in [0.25, 0.3) is 0 Å². The summed E-state index contributed by atoms with van der Waals surface area (Å²) in [7, 11) is 0. The Morgan fingerprint density at radius 2 is 1.65 bits per heavy atom. The van der Waals surface area contributed by atoms with Crippen LogP contribution < -0.4 is 10.1 Å². The van der Waals surface area contributed by atoms with Gasteiger partial charge in [0, 0.05) is 28.7 Å². The third kappa shape index (κ3) is 5.82. The molecule has 9 heteroatoms. The number of amides is 1. The van der Waals surface area contributed by atoms with E-state index < -0.39 is 0 Å². The van der Waals surface area contributed by atoms with Gasteiger partial charge in [-0.25, -0.2) is 0 Å². The molecule has 1 amide bonds. The number of hydrogen-bond donors (Lipinski definition) is 1. The number of nitrogens with one attached hydrogen (secondary N) is 1. The number of ether oxygens (including phenoxy) is 1. The van der Waals surface area contributed by atoms with Crippen molar-refractivity contribution < 1.29 is 9.53 Å². The Balaban J connectivity index is 1.31. The maximum Gasteiger partial charge on any atom is 0.234 e. The van der Waals surface area contributed by atoms with Gasteiger partial charge in [-0.15, -0.1) is 10.2 Å². The minimum atomic E-state index is -0.162. The molecule has 0 saturated heterocycles.